The Bertz CT molecular complexity index is 517. The summed E-state index contributed by atoms with van der Waals surface area (Å²) >= 11 is 0. The average Bonchev–Trinajstić information content (AvgIpc) is 2.83. The monoisotopic (exact) mass is 278 g/mol. The molecule has 0 bridgehead atoms. The SMILES string of the molecule is Cc1ccc(F)c(C(=O)NCCCN2CCCC2=O)c1. The highest BCUT2D eigenvalue weighted by molar-refractivity contribution is 5.94. The van der Waals surface area contributed by atoms with E-state index in [0.717, 1.165) is 18.5 Å². The van der Waals surface area contributed by atoms with Gasteiger partial charge in [-0.25, -0.2) is 4.39 Å². The lowest BCUT2D eigenvalue weighted by molar-refractivity contribution is -0.127. The number of rotatable bonds is 5. The number of carbonyl (C=O) groups is 2. The number of amides is 2. The fraction of sp³-hybridized carbons (Fsp3) is 0.467. The number of hydrogen-bond acceptors (Lipinski definition) is 2. The molecular weight excluding hydrogens is 259 g/mol. The summed E-state index contributed by atoms with van der Waals surface area (Å²) in [5.74, 6) is -0.733. The van der Waals surface area contributed by atoms with Crippen molar-refractivity contribution in [3.8, 4) is 0 Å². The van der Waals surface area contributed by atoms with Crippen molar-refractivity contribution in [3.63, 3.8) is 0 Å². The zero-order chi connectivity index (χ0) is 14.5. The predicted octanol–water partition coefficient (Wildman–Crippen LogP) is 1.88. The molecule has 1 saturated heterocycles. The van der Waals surface area contributed by atoms with Crippen LogP contribution in [0, 0.1) is 12.7 Å². The van der Waals surface area contributed by atoms with E-state index < -0.39 is 11.7 Å². The van der Waals surface area contributed by atoms with Gasteiger partial charge in [-0.3, -0.25) is 9.59 Å². The van der Waals surface area contributed by atoms with Gasteiger partial charge in [0.25, 0.3) is 5.91 Å². The van der Waals surface area contributed by atoms with Crippen LogP contribution in [0.25, 0.3) is 0 Å². The number of nitrogens with zero attached hydrogens (tertiary/aromatic N) is 1. The molecule has 2 rings (SSSR count). The quantitative estimate of drug-likeness (QED) is 0.836. The number of nitrogens with one attached hydrogen (secondary N) is 1. The van der Waals surface area contributed by atoms with Crippen LogP contribution in [-0.2, 0) is 4.79 Å². The van der Waals surface area contributed by atoms with Crippen molar-refractivity contribution in [2.75, 3.05) is 19.6 Å². The van der Waals surface area contributed by atoms with E-state index in [4.69, 9.17) is 0 Å². The summed E-state index contributed by atoms with van der Waals surface area (Å²) in [5, 5.41) is 2.69. The molecule has 2 amide bonds. The van der Waals surface area contributed by atoms with Crippen LogP contribution in [0.4, 0.5) is 4.39 Å². The first-order chi connectivity index (χ1) is 9.58. The normalized spacial score (nSPS) is 14.7. The van der Waals surface area contributed by atoms with Gasteiger partial charge in [-0.2, -0.15) is 0 Å². The molecule has 20 heavy (non-hydrogen) atoms. The van der Waals surface area contributed by atoms with E-state index in [2.05, 4.69) is 5.32 Å². The van der Waals surface area contributed by atoms with Gasteiger partial charge in [0, 0.05) is 26.1 Å². The lowest BCUT2D eigenvalue weighted by Gasteiger charge is -2.15. The number of likely N-dealkylation sites (tertiary alicyclic amines) is 1. The molecule has 0 radical (unpaired) electrons. The molecule has 1 aromatic carbocycles. The van der Waals surface area contributed by atoms with E-state index in [-0.39, 0.29) is 11.5 Å². The van der Waals surface area contributed by atoms with Gasteiger partial charge in [0.1, 0.15) is 5.82 Å². The molecule has 0 spiro atoms. The van der Waals surface area contributed by atoms with Crippen molar-refractivity contribution in [1.82, 2.24) is 10.2 Å². The van der Waals surface area contributed by atoms with Crippen molar-refractivity contribution < 1.29 is 14.0 Å². The van der Waals surface area contributed by atoms with Crippen molar-refractivity contribution in [2.24, 2.45) is 0 Å². The molecule has 1 aliphatic heterocycles. The van der Waals surface area contributed by atoms with Gasteiger partial charge in [0.2, 0.25) is 5.91 Å². The third kappa shape index (κ3) is 3.56. The molecule has 1 heterocycles. The van der Waals surface area contributed by atoms with E-state index in [0.29, 0.717) is 25.9 Å². The van der Waals surface area contributed by atoms with Crippen LogP contribution in [0.1, 0.15) is 35.2 Å². The number of halogens is 1. The van der Waals surface area contributed by atoms with Crippen LogP contribution < -0.4 is 5.32 Å². The molecule has 108 valence electrons. The third-order valence-corrected chi connectivity index (χ3v) is 3.43. The van der Waals surface area contributed by atoms with Crippen LogP contribution in [0.15, 0.2) is 18.2 Å². The van der Waals surface area contributed by atoms with E-state index in [9.17, 15) is 14.0 Å². The van der Waals surface area contributed by atoms with Crippen molar-refractivity contribution in [1.29, 1.82) is 0 Å². The summed E-state index contributed by atoms with van der Waals surface area (Å²) in [6, 6.07) is 4.47. The number of carbonyl (C=O) groups excluding carboxylic acids is 2. The average molecular weight is 278 g/mol. The van der Waals surface area contributed by atoms with Crippen LogP contribution >= 0.6 is 0 Å². The second-order valence-corrected chi connectivity index (χ2v) is 5.08. The Balaban J connectivity index is 1.77. The van der Waals surface area contributed by atoms with Crippen LogP contribution in [0.2, 0.25) is 0 Å². The first-order valence-electron chi connectivity index (χ1n) is 6.90. The highest BCUT2D eigenvalue weighted by atomic mass is 19.1. The fourth-order valence-corrected chi connectivity index (χ4v) is 2.32. The summed E-state index contributed by atoms with van der Waals surface area (Å²) in [6.45, 7) is 3.71. The third-order valence-electron chi connectivity index (χ3n) is 3.43. The van der Waals surface area contributed by atoms with E-state index in [1.807, 2.05) is 6.92 Å². The number of hydrogen-bond donors (Lipinski definition) is 1. The first-order valence-corrected chi connectivity index (χ1v) is 6.90. The molecule has 1 aliphatic rings. The van der Waals surface area contributed by atoms with Crippen LogP contribution in [0.3, 0.4) is 0 Å². The van der Waals surface area contributed by atoms with Gasteiger partial charge in [-0.05, 0) is 31.9 Å². The molecule has 0 atom stereocenters. The fourth-order valence-electron chi connectivity index (χ4n) is 2.32. The molecule has 0 saturated carbocycles. The van der Waals surface area contributed by atoms with E-state index in [1.165, 1.54) is 12.1 Å². The minimum Gasteiger partial charge on any atom is -0.352 e. The summed E-state index contributed by atoms with van der Waals surface area (Å²) < 4.78 is 13.5. The summed E-state index contributed by atoms with van der Waals surface area (Å²) in [5.41, 5.74) is 0.918. The standard InChI is InChI=1S/C15H19FN2O2/c1-11-5-6-13(16)12(10-11)15(20)17-7-3-9-18-8-2-4-14(18)19/h5-6,10H,2-4,7-9H2,1H3,(H,17,20). The van der Waals surface area contributed by atoms with Crippen LogP contribution in [-0.4, -0.2) is 36.3 Å². The van der Waals surface area contributed by atoms with Gasteiger partial charge in [0.05, 0.1) is 5.56 Å². The Morgan fingerprint density at radius 3 is 2.95 bits per heavy atom. The molecule has 5 heteroatoms. The maximum Gasteiger partial charge on any atom is 0.254 e. The Morgan fingerprint density at radius 2 is 2.25 bits per heavy atom. The van der Waals surface area contributed by atoms with E-state index >= 15 is 0 Å². The Morgan fingerprint density at radius 1 is 1.45 bits per heavy atom. The molecule has 4 nitrogen and oxygen atoms in total. The molecule has 0 unspecified atom stereocenters. The highest BCUT2D eigenvalue weighted by Gasteiger charge is 2.19. The van der Waals surface area contributed by atoms with Gasteiger partial charge in [-0.1, -0.05) is 11.6 Å². The zero-order valence-electron chi connectivity index (χ0n) is 11.6. The summed E-state index contributed by atoms with van der Waals surface area (Å²) in [6.07, 6.45) is 2.23. The van der Waals surface area contributed by atoms with Gasteiger partial charge < -0.3 is 10.2 Å². The smallest absolute Gasteiger partial charge is 0.254 e. The van der Waals surface area contributed by atoms with Crippen molar-refractivity contribution in [3.05, 3.63) is 35.1 Å². The topological polar surface area (TPSA) is 49.4 Å². The Hall–Kier alpha value is -1.91. The summed E-state index contributed by atoms with van der Waals surface area (Å²) in [7, 11) is 0. The maximum absolute atomic E-state index is 13.5. The van der Waals surface area contributed by atoms with Crippen molar-refractivity contribution in [2.45, 2.75) is 26.2 Å². The van der Waals surface area contributed by atoms with E-state index in [1.54, 1.807) is 11.0 Å². The molecular formula is C15H19FN2O2. The second kappa shape index (κ2) is 6.50. The number of benzene rings is 1. The molecule has 1 fully saturated rings. The molecule has 1 N–H and O–H groups in total. The summed E-state index contributed by atoms with van der Waals surface area (Å²) in [4.78, 5) is 25.0. The maximum atomic E-state index is 13.5. The lowest BCUT2D eigenvalue weighted by Crippen LogP contribution is -2.31. The van der Waals surface area contributed by atoms with Gasteiger partial charge >= 0.3 is 0 Å². The Kier molecular flexibility index (Phi) is 4.71. The minimum atomic E-state index is -0.511. The molecule has 0 aromatic heterocycles. The molecule has 0 aliphatic carbocycles. The van der Waals surface area contributed by atoms with Gasteiger partial charge in [0.15, 0.2) is 0 Å². The van der Waals surface area contributed by atoms with Crippen LogP contribution in [0.5, 0.6) is 0 Å². The minimum absolute atomic E-state index is 0.0715. The Labute approximate surface area is 118 Å². The second-order valence-electron chi connectivity index (χ2n) is 5.08. The largest absolute Gasteiger partial charge is 0.352 e. The number of aryl methyl sites for hydroxylation is 1. The van der Waals surface area contributed by atoms with Crippen molar-refractivity contribution >= 4 is 11.8 Å². The lowest BCUT2D eigenvalue weighted by atomic mass is 10.1. The highest BCUT2D eigenvalue weighted by Crippen LogP contribution is 2.11. The zero-order valence-corrected chi connectivity index (χ0v) is 11.6. The predicted molar refractivity (Wildman–Crippen MR) is 73.9 cm³/mol. The molecule has 1 aromatic rings. The first kappa shape index (κ1) is 14.5. The van der Waals surface area contributed by atoms with Gasteiger partial charge in [-0.15, -0.1) is 0 Å².